The second-order valence-corrected chi connectivity index (χ2v) is 25.1. The predicted octanol–water partition coefficient (Wildman–Crippen LogP) is 3.56. The molecule has 5 amide bonds. The van der Waals surface area contributed by atoms with Crippen LogP contribution in [0.2, 0.25) is 0 Å². The molecule has 2 aliphatic heterocycles. The van der Waals surface area contributed by atoms with Crippen molar-refractivity contribution in [2.75, 3.05) is 83.2 Å². The Bertz CT molecular complexity index is 3360. The van der Waals surface area contributed by atoms with Gasteiger partial charge in [0, 0.05) is 80.6 Å². The molecule has 0 radical (unpaired) electrons. The number of hydrogen-bond acceptors (Lipinski definition) is 22. The summed E-state index contributed by atoms with van der Waals surface area (Å²) in [6.07, 6.45) is -11.1. The molecule has 5 aromatic carbocycles. The number of nitrogens with one attached hydrogen (secondary N) is 5. The van der Waals surface area contributed by atoms with E-state index in [1.165, 1.54) is 54.7 Å². The van der Waals surface area contributed by atoms with Gasteiger partial charge in [0.2, 0.25) is 5.91 Å². The average molecular weight is 1370 g/mol. The topological polar surface area (TPSA) is 366 Å². The van der Waals surface area contributed by atoms with Crippen LogP contribution >= 0.6 is 23.5 Å². The first-order valence-electron chi connectivity index (χ1n) is 31.3. The standard InChI is InChI=1S/C69H85N5O20S2/c1-5-30-90-56-37-50(64(84)70-28-35-95-33-12-31-91-68(66(86)88-3)39-51(76)38-57(93-68)59(80)54(78)41-72-62(82)48-22-18-46(19-23-48)44-14-8-6-9-15-44)26-27-52(56)65(85)71-29-36-96-34-13-32-92-69(67(87)89-4)40-53(77)58(74-43(2)75)61(94-69)60(81)55(79)42-73-63(83)49-24-20-47(21-25-49)45-16-10-7-11-17-45/h5-11,14-27,37,51,53-55,57-61,76-81H,1,12-13,28-36,38-42H2,2-4H3,(H,70,84)(H,71,85)(H,72,82)(H,73,83)(H,74,75)/t51-,53+,54-,55-,57-,58-,59-,60-,61-,68-,69-/m1/s1. The molecule has 25 nitrogen and oxygen atoms in total. The van der Waals surface area contributed by atoms with Crippen molar-refractivity contribution in [1.82, 2.24) is 26.6 Å². The first-order chi connectivity index (χ1) is 46.2. The summed E-state index contributed by atoms with van der Waals surface area (Å²) in [7, 11) is 2.21. The van der Waals surface area contributed by atoms with E-state index in [9.17, 15) is 64.2 Å². The molecule has 0 saturated carbocycles. The number of aliphatic hydroxyl groups is 6. The largest absolute Gasteiger partial charge is 0.489 e. The Morgan fingerprint density at radius 2 is 1.06 bits per heavy atom. The smallest absolute Gasteiger partial charge is 0.366 e. The summed E-state index contributed by atoms with van der Waals surface area (Å²) in [5, 5.41) is 80.2. The lowest BCUT2D eigenvalue weighted by molar-refractivity contribution is -0.311. The maximum absolute atomic E-state index is 13.4. The van der Waals surface area contributed by atoms with Crippen molar-refractivity contribution in [3.8, 4) is 28.0 Å². The van der Waals surface area contributed by atoms with Crippen LogP contribution in [-0.2, 0) is 42.8 Å². The molecule has 2 heterocycles. The second-order valence-electron chi connectivity index (χ2n) is 22.7. The van der Waals surface area contributed by atoms with Gasteiger partial charge >= 0.3 is 11.9 Å². The van der Waals surface area contributed by atoms with Gasteiger partial charge in [0.15, 0.2) is 0 Å². The van der Waals surface area contributed by atoms with E-state index in [-0.39, 0.29) is 74.7 Å². The average Bonchev–Trinajstić information content (AvgIpc) is 0.778. The molecule has 0 unspecified atom stereocenters. The summed E-state index contributed by atoms with van der Waals surface area (Å²) >= 11 is 2.93. The van der Waals surface area contributed by atoms with E-state index in [0.717, 1.165) is 36.5 Å². The van der Waals surface area contributed by atoms with Crippen LogP contribution in [-0.4, -0.2) is 222 Å². The van der Waals surface area contributed by atoms with E-state index in [4.69, 9.17) is 33.2 Å². The lowest BCUT2D eigenvalue weighted by Crippen LogP contribution is -2.68. The quantitative estimate of drug-likeness (QED) is 0.0155. The van der Waals surface area contributed by atoms with Crippen LogP contribution in [0.25, 0.3) is 22.3 Å². The van der Waals surface area contributed by atoms with Crippen LogP contribution in [0.3, 0.4) is 0 Å². The number of methoxy groups -OCH3 is 2. The number of carbonyl (C=O) groups excluding carboxylic acids is 7. The number of benzene rings is 5. The Balaban J connectivity index is 0.804. The molecule has 518 valence electrons. The molecule has 11 atom stereocenters. The first-order valence-corrected chi connectivity index (χ1v) is 33.7. The Labute approximate surface area is 565 Å². The maximum Gasteiger partial charge on any atom is 0.366 e. The van der Waals surface area contributed by atoms with Gasteiger partial charge in [-0.25, -0.2) is 9.59 Å². The third-order valence-electron chi connectivity index (χ3n) is 15.7. The predicted molar refractivity (Wildman–Crippen MR) is 358 cm³/mol. The fourth-order valence-corrected chi connectivity index (χ4v) is 12.3. The van der Waals surface area contributed by atoms with Crippen LogP contribution < -0.4 is 31.3 Å². The molecule has 0 aliphatic carbocycles. The van der Waals surface area contributed by atoms with Gasteiger partial charge in [-0.05, 0) is 89.1 Å². The lowest BCUT2D eigenvalue weighted by Gasteiger charge is -2.47. The molecule has 2 fully saturated rings. The van der Waals surface area contributed by atoms with Gasteiger partial charge in [-0.2, -0.15) is 23.5 Å². The first kappa shape index (κ1) is 75.6. The highest BCUT2D eigenvalue weighted by Gasteiger charge is 2.56. The molecule has 5 aromatic rings. The van der Waals surface area contributed by atoms with Crippen molar-refractivity contribution < 1.29 is 97.4 Å². The normalized spacial score (nSPS) is 21.2. The Morgan fingerprint density at radius 1 is 0.594 bits per heavy atom. The van der Waals surface area contributed by atoms with E-state index in [2.05, 4.69) is 33.2 Å². The second kappa shape index (κ2) is 37.7. The fourth-order valence-electron chi connectivity index (χ4n) is 10.7. The van der Waals surface area contributed by atoms with E-state index in [0.29, 0.717) is 41.4 Å². The Morgan fingerprint density at radius 3 is 1.56 bits per heavy atom. The molecule has 27 heteroatoms. The molecule has 7 rings (SSSR count). The van der Waals surface area contributed by atoms with Crippen molar-refractivity contribution >= 4 is 65.0 Å². The molecule has 2 aliphatic rings. The summed E-state index contributed by atoms with van der Waals surface area (Å²) in [5.74, 6) is -6.80. The third-order valence-corrected chi connectivity index (χ3v) is 17.8. The zero-order valence-electron chi connectivity index (χ0n) is 53.6. The number of ether oxygens (including phenoxy) is 7. The highest BCUT2D eigenvalue weighted by molar-refractivity contribution is 7.99. The summed E-state index contributed by atoms with van der Waals surface area (Å²) < 4.78 is 39.8. The highest BCUT2D eigenvalue weighted by atomic mass is 32.2. The Kier molecular flexibility index (Phi) is 29.7. The number of rotatable bonds is 36. The van der Waals surface area contributed by atoms with Crippen molar-refractivity contribution in [3.05, 3.63) is 162 Å². The number of aliphatic hydroxyl groups excluding tert-OH is 6. The van der Waals surface area contributed by atoms with E-state index < -0.39 is 121 Å². The van der Waals surface area contributed by atoms with Gasteiger partial charge in [0.25, 0.3) is 35.2 Å². The van der Waals surface area contributed by atoms with Gasteiger partial charge in [-0.3, -0.25) is 24.0 Å². The Hall–Kier alpha value is -7.77. The summed E-state index contributed by atoms with van der Waals surface area (Å²) in [6, 6.07) is 35.9. The van der Waals surface area contributed by atoms with Crippen LogP contribution in [0.1, 0.15) is 80.5 Å². The fraction of sp³-hybridized carbons (Fsp3) is 0.435. The molecule has 96 heavy (non-hydrogen) atoms. The minimum absolute atomic E-state index is 0.0224. The van der Waals surface area contributed by atoms with E-state index >= 15 is 0 Å². The van der Waals surface area contributed by atoms with Gasteiger partial charge in [0.1, 0.15) is 30.7 Å². The zero-order chi connectivity index (χ0) is 69.2. The van der Waals surface area contributed by atoms with Crippen LogP contribution in [0, 0.1) is 0 Å². The number of hydrogen-bond donors (Lipinski definition) is 11. The van der Waals surface area contributed by atoms with E-state index in [1.807, 2.05) is 60.7 Å². The molecular weight excluding hydrogens is 1280 g/mol. The number of amides is 5. The van der Waals surface area contributed by atoms with Crippen LogP contribution in [0.4, 0.5) is 0 Å². The van der Waals surface area contributed by atoms with Gasteiger partial charge < -0.3 is 90.4 Å². The van der Waals surface area contributed by atoms with Crippen LogP contribution in [0.15, 0.2) is 140 Å². The minimum atomic E-state index is -2.27. The maximum atomic E-state index is 13.4. The lowest BCUT2D eigenvalue weighted by atomic mass is 9.88. The van der Waals surface area contributed by atoms with Gasteiger partial charge in [0.05, 0.1) is 69.6 Å². The SMILES string of the molecule is C=CCOc1cc(C(=O)NCCSCCCO[C@]2(C(=O)OC)C[C@H](O)C[C@H]([C@H](O)[C@H](O)CNC(=O)c3ccc(-c4ccccc4)cc3)O2)ccc1C(=O)NCCSCCCO[C@]1(C(=O)OC)C[C@H](O)[C@@H](NC(C)=O)[C@H]([C@H](O)[C@H](O)CNC(=O)c2ccc(-c3ccccc3)cc2)O1. The van der Waals surface area contributed by atoms with Gasteiger partial charge in [-0.1, -0.05) is 97.6 Å². The van der Waals surface area contributed by atoms with Crippen molar-refractivity contribution in [1.29, 1.82) is 0 Å². The van der Waals surface area contributed by atoms with Crippen molar-refractivity contribution in [2.24, 2.45) is 0 Å². The van der Waals surface area contributed by atoms with Crippen LogP contribution in [0.5, 0.6) is 5.75 Å². The highest BCUT2D eigenvalue weighted by Crippen LogP contribution is 2.36. The van der Waals surface area contributed by atoms with E-state index in [1.54, 1.807) is 48.5 Å². The molecular formula is C69H85N5O20S2. The minimum Gasteiger partial charge on any atom is -0.489 e. The van der Waals surface area contributed by atoms with Crippen molar-refractivity contribution in [2.45, 2.75) is 105 Å². The molecule has 0 spiro atoms. The number of esters is 2. The molecule has 2 saturated heterocycles. The number of carbonyl (C=O) groups is 7. The third kappa shape index (κ3) is 21.4. The molecule has 11 N–H and O–H groups in total. The summed E-state index contributed by atoms with van der Waals surface area (Å²) in [5.41, 5.74) is 4.76. The number of thioether (sulfide) groups is 2. The monoisotopic (exact) mass is 1370 g/mol. The summed E-state index contributed by atoms with van der Waals surface area (Å²) in [6.45, 7) is 4.42. The molecule has 0 bridgehead atoms. The zero-order valence-corrected chi connectivity index (χ0v) is 55.3. The van der Waals surface area contributed by atoms with Crippen molar-refractivity contribution in [3.63, 3.8) is 0 Å². The summed E-state index contributed by atoms with van der Waals surface area (Å²) in [4.78, 5) is 91.5. The van der Waals surface area contributed by atoms with Gasteiger partial charge in [-0.15, -0.1) is 0 Å². The molecule has 0 aromatic heterocycles.